The molecule has 1 unspecified atom stereocenters. The third-order valence-corrected chi connectivity index (χ3v) is 2.97. The van der Waals surface area contributed by atoms with E-state index in [9.17, 15) is 4.79 Å². The summed E-state index contributed by atoms with van der Waals surface area (Å²) in [6.07, 6.45) is 4.09. The maximum atomic E-state index is 11.5. The Labute approximate surface area is 84.4 Å². The molecular formula is C10H18N2O2. The summed E-state index contributed by atoms with van der Waals surface area (Å²) in [5.41, 5.74) is 5.61. The first-order valence-corrected chi connectivity index (χ1v) is 5.40. The number of carbonyl (C=O) groups excluding carboxylic acids is 1. The molecule has 0 aliphatic carbocycles. The molecule has 0 saturated carbocycles. The van der Waals surface area contributed by atoms with Gasteiger partial charge in [-0.15, -0.1) is 0 Å². The van der Waals surface area contributed by atoms with Crippen LogP contribution in [0.25, 0.3) is 0 Å². The Kier molecular flexibility index (Phi) is 3.03. The molecule has 2 heterocycles. The van der Waals surface area contributed by atoms with Crippen LogP contribution in [0.2, 0.25) is 0 Å². The highest BCUT2D eigenvalue weighted by Gasteiger charge is 2.28. The first kappa shape index (κ1) is 9.93. The molecule has 0 aromatic rings. The highest BCUT2D eigenvalue weighted by Crippen LogP contribution is 2.18. The minimum absolute atomic E-state index is 0.210. The van der Waals surface area contributed by atoms with Crippen LogP contribution in [0.15, 0.2) is 0 Å². The Morgan fingerprint density at radius 2 is 2.29 bits per heavy atom. The second-order valence-electron chi connectivity index (χ2n) is 4.23. The molecule has 0 bridgehead atoms. The summed E-state index contributed by atoms with van der Waals surface area (Å²) < 4.78 is 5.46. The Bertz CT molecular complexity index is 208. The van der Waals surface area contributed by atoms with E-state index in [0.717, 1.165) is 39.0 Å². The molecule has 1 atom stereocenters. The molecule has 4 nitrogen and oxygen atoms in total. The molecule has 80 valence electrons. The third kappa shape index (κ3) is 2.25. The van der Waals surface area contributed by atoms with E-state index in [2.05, 4.69) is 0 Å². The number of nitrogens with two attached hydrogens (primary N) is 1. The smallest absolute Gasteiger partial charge is 0.222 e. The van der Waals surface area contributed by atoms with E-state index in [1.165, 1.54) is 0 Å². The zero-order valence-electron chi connectivity index (χ0n) is 8.45. The lowest BCUT2D eigenvalue weighted by atomic mass is 10.1. The number of carbonyl (C=O) groups is 1. The monoisotopic (exact) mass is 198 g/mol. The van der Waals surface area contributed by atoms with Gasteiger partial charge in [0, 0.05) is 32.2 Å². The van der Waals surface area contributed by atoms with Gasteiger partial charge in [0.25, 0.3) is 0 Å². The van der Waals surface area contributed by atoms with E-state index in [-0.39, 0.29) is 11.9 Å². The second kappa shape index (κ2) is 4.28. The number of hydrogen-bond donors (Lipinski definition) is 1. The van der Waals surface area contributed by atoms with Gasteiger partial charge in [0.1, 0.15) is 0 Å². The van der Waals surface area contributed by atoms with Crippen LogP contribution in [0.1, 0.15) is 25.7 Å². The summed E-state index contributed by atoms with van der Waals surface area (Å²) in [6.45, 7) is 2.35. The van der Waals surface area contributed by atoms with Crippen LogP contribution in [-0.4, -0.2) is 42.6 Å². The maximum absolute atomic E-state index is 11.5. The van der Waals surface area contributed by atoms with E-state index in [1.54, 1.807) is 0 Å². The Morgan fingerprint density at radius 1 is 1.50 bits per heavy atom. The van der Waals surface area contributed by atoms with E-state index >= 15 is 0 Å². The van der Waals surface area contributed by atoms with Gasteiger partial charge in [-0.05, 0) is 19.3 Å². The van der Waals surface area contributed by atoms with Crippen molar-refractivity contribution in [2.24, 2.45) is 5.73 Å². The SMILES string of the molecule is NC1CN(C(=O)CCC2CCCO2)C1. The van der Waals surface area contributed by atoms with Crippen molar-refractivity contribution in [3.05, 3.63) is 0 Å². The fourth-order valence-electron chi connectivity index (χ4n) is 2.03. The first-order valence-electron chi connectivity index (χ1n) is 5.40. The van der Waals surface area contributed by atoms with E-state index in [4.69, 9.17) is 10.5 Å². The molecule has 1 amide bonds. The molecule has 2 N–H and O–H groups in total. The van der Waals surface area contributed by atoms with Gasteiger partial charge in [-0.2, -0.15) is 0 Å². The molecule has 14 heavy (non-hydrogen) atoms. The summed E-state index contributed by atoms with van der Waals surface area (Å²) in [5.74, 6) is 0.238. The van der Waals surface area contributed by atoms with Crippen molar-refractivity contribution in [1.29, 1.82) is 0 Å². The van der Waals surface area contributed by atoms with Crippen LogP contribution in [0, 0.1) is 0 Å². The molecule has 2 aliphatic rings. The number of hydrogen-bond acceptors (Lipinski definition) is 3. The Hall–Kier alpha value is -0.610. The molecule has 0 aromatic heterocycles. The average Bonchev–Trinajstić information content (AvgIpc) is 2.61. The van der Waals surface area contributed by atoms with Gasteiger partial charge in [0.05, 0.1) is 6.10 Å². The minimum Gasteiger partial charge on any atom is -0.378 e. The van der Waals surface area contributed by atoms with Crippen molar-refractivity contribution >= 4 is 5.91 Å². The van der Waals surface area contributed by atoms with Crippen molar-refractivity contribution in [3.63, 3.8) is 0 Å². The molecule has 0 radical (unpaired) electrons. The lowest BCUT2D eigenvalue weighted by Crippen LogP contribution is -2.57. The fraction of sp³-hybridized carbons (Fsp3) is 0.900. The highest BCUT2D eigenvalue weighted by molar-refractivity contribution is 5.77. The number of nitrogens with zero attached hydrogens (tertiary/aromatic N) is 1. The molecule has 2 aliphatic heterocycles. The molecule has 2 fully saturated rings. The van der Waals surface area contributed by atoms with Gasteiger partial charge >= 0.3 is 0 Å². The highest BCUT2D eigenvalue weighted by atomic mass is 16.5. The standard InChI is InChI=1S/C10H18N2O2/c11-8-6-12(7-8)10(13)4-3-9-2-1-5-14-9/h8-9H,1-7,11H2. The predicted molar refractivity (Wildman–Crippen MR) is 52.8 cm³/mol. The number of likely N-dealkylation sites (tertiary alicyclic amines) is 1. The van der Waals surface area contributed by atoms with Crippen molar-refractivity contribution in [3.8, 4) is 0 Å². The number of ether oxygens (including phenoxy) is 1. The van der Waals surface area contributed by atoms with Crippen molar-refractivity contribution in [2.75, 3.05) is 19.7 Å². The third-order valence-electron chi connectivity index (χ3n) is 2.97. The summed E-state index contributed by atoms with van der Waals surface area (Å²) in [4.78, 5) is 13.4. The van der Waals surface area contributed by atoms with Gasteiger partial charge in [0.2, 0.25) is 5.91 Å². The normalized spacial score (nSPS) is 27.8. The molecule has 0 aromatic carbocycles. The lowest BCUT2D eigenvalue weighted by molar-refractivity contribution is -0.136. The van der Waals surface area contributed by atoms with E-state index in [1.807, 2.05) is 4.90 Å². The lowest BCUT2D eigenvalue weighted by Gasteiger charge is -2.37. The van der Waals surface area contributed by atoms with E-state index in [0.29, 0.717) is 12.5 Å². The molecule has 2 rings (SSSR count). The maximum Gasteiger partial charge on any atom is 0.222 e. The second-order valence-corrected chi connectivity index (χ2v) is 4.23. The van der Waals surface area contributed by atoms with Crippen LogP contribution in [0.3, 0.4) is 0 Å². The fourth-order valence-corrected chi connectivity index (χ4v) is 2.03. The van der Waals surface area contributed by atoms with Crippen LogP contribution in [0.4, 0.5) is 0 Å². The number of amides is 1. The topological polar surface area (TPSA) is 55.6 Å². The van der Waals surface area contributed by atoms with E-state index < -0.39 is 0 Å². The first-order chi connectivity index (χ1) is 6.75. The quantitative estimate of drug-likeness (QED) is 0.700. The van der Waals surface area contributed by atoms with Crippen molar-refractivity contribution in [2.45, 2.75) is 37.8 Å². The summed E-state index contributed by atoms with van der Waals surface area (Å²) in [7, 11) is 0. The largest absolute Gasteiger partial charge is 0.378 e. The van der Waals surface area contributed by atoms with Crippen molar-refractivity contribution in [1.82, 2.24) is 4.90 Å². The Morgan fingerprint density at radius 3 is 2.86 bits per heavy atom. The van der Waals surface area contributed by atoms with Crippen LogP contribution >= 0.6 is 0 Å². The summed E-state index contributed by atoms with van der Waals surface area (Å²) in [6, 6.07) is 0.210. The molecular weight excluding hydrogens is 180 g/mol. The van der Waals surface area contributed by atoms with Gasteiger partial charge in [-0.1, -0.05) is 0 Å². The van der Waals surface area contributed by atoms with Crippen LogP contribution < -0.4 is 5.73 Å². The van der Waals surface area contributed by atoms with Gasteiger partial charge < -0.3 is 15.4 Å². The predicted octanol–water partition coefficient (Wildman–Crippen LogP) is 0.115. The van der Waals surface area contributed by atoms with Crippen LogP contribution in [0.5, 0.6) is 0 Å². The van der Waals surface area contributed by atoms with Gasteiger partial charge in [-0.25, -0.2) is 0 Å². The van der Waals surface area contributed by atoms with Gasteiger partial charge in [0.15, 0.2) is 0 Å². The number of rotatable bonds is 3. The molecule has 0 spiro atoms. The van der Waals surface area contributed by atoms with Crippen LogP contribution in [-0.2, 0) is 9.53 Å². The summed E-state index contributed by atoms with van der Waals surface area (Å²) >= 11 is 0. The molecule has 2 saturated heterocycles. The van der Waals surface area contributed by atoms with Gasteiger partial charge in [-0.3, -0.25) is 4.79 Å². The minimum atomic E-state index is 0.210. The zero-order valence-corrected chi connectivity index (χ0v) is 8.45. The Balaban J connectivity index is 1.62. The zero-order chi connectivity index (χ0) is 9.97. The summed E-state index contributed by atoms with van der Waals surface area (Å²) in [5, 5.41) is 0. The average molecular weight is 198 g/mol. The van der Waals surface area contributed by atoms with Crippen molar-refractivity contribution < 1.29 is 9.53 Å². The molecule has 4 heteroatoms.